The van der Waals surface area contributed by atoms with Crippen molar-refractivity contribution in [2.75, 3.05) is 25.6 Å². The summed E-state index contributed by atoms with van der Waals surface area (Å²) in [7, 11) is 1.56. The highest BCUT2D eigenvalue weighted by atomic mass is 19.1. The average molecular weight is 304 g/mol. The Kier molecular flexibility index (Phi) is 5.37. The van der Waals surface area contributed by atoms with E-state index in [1.807, 2.05) is 0 Å². The molecular formula is C15H17FN4O2. The summed E-state index contributed by atoms with van der Waals surface area (Å²) in [5.74, 6) is -0.442. The van der Waals surface area contributed by atoms with E-state index in [-0.39, 0.29) is 23.4 Å². The standard InChI is InChI=1S/C15H17FN4O2/c1-10-8-13(14(21)17-6-7-22-2)20-15(18-10)19-12-5-3-4-11(16)9-12/h3-5,8-9H,6-7H2,1-2H3,(H,17,21)(H,18,19,20). The van der Waals surface area contributed by atoms with Crippen molar-refractivity contribution in [3.63, 3.8) is 0 Å². The van der Waals surface area contributed by atoms with Crippen molar-refractivity contribution in [1.29, 1.82) is 0 Å². The average Bonchev–Trinajstić information content (AvgIpc) is 2.46. The first-order chi connectivity index (χ1) is 10.6. The summed E-state index contributed by atoms with van der Waals surface area (Å²) < 4.78 is 18.0. The molecule has 1 aromatic carbocycles. The third kappa shape index (κ3) is 4.49. The molecule has 2 N–H and O–H groups in total. The molecule has 0 atom stereocenters. The van der Waals surface area contributed by atoms with E-state index in [4.69, 9.17) is 4.74 Å². The Morgan fingerprint density at radius 1 is 1.32 bits per heavy atom. The Hall–Kier alpha value is -2.54. The van der Waals surface area contributed by atoms with Gasteiger partial charge in [0, 0.05) is 25.0 Å². The van der Waals surface area contributed by atoms with Crippen LogP contribution in [0.5, 0.6) is 0 Å². The number of carbonyl (C=O) groups is 1. The number of methoxy groups -OCH3 is 1. The van der Waals surface area contributed by atoms with E-state index >= 15 is 0 Å². The predicted octanol–water partition coefficient (Wildman–Crippen LogP) is 2.04. The summed E-state index contributed by atoms with van der Waals surface area (Å²) in [6.07, 6.45) is 0. The highest BCUT2D eigenvalue weighted by Gasteiger charge is 2.10. The van der Waals surface area contributed by atoms with Crippen molar-refractivity contribution in [1.82, 2.24) is 15.3 Å². The second kappa shape index (κ2) is 7.46. The Morgan fingerprint density at radius 2 is 2.14 bits per heavy atom. The summed E-state index contributed by atoms with van der Waals surface area (Å²) >= 11 is 0. The highest BCUT2D eigenvalue weighted by Crippen LogP contribution is 2.15. The molecule has 7 heteroatoms. The fourth-order valence-corrected chi connectivity index (χ4v) is 1.79. The quantitative estimate of drug-likeness (QED) is 0.799. The van der Waals surface area contributed by atoms with E-state index in [2.05, 4.69) is 20.6 Å². The number of anilines is 2. The van der Waals surface area contributed by atoms with Crippen LogP contribution in [0.15, 0.2) is 30.3 Å². The molecule has 2 rings (SSSR count). The first-order valence-electron chi connectivity index (χ1n) is 6.74. The number of nitrogens with one attached hydrogen (secondary N) is 2. The summed E-state index contributed by atoms with van der Waals surface area (Å²) in [4.78, 5) is 20.3. The normalized spacial score (nSPS) is 10.3. The van der Waals surface area contributed by atoms with E-state index < -0.39 is 0 Å². The fourth-order valence-electron chi connectivity index (χ4n) is 1.79. The number of rotatable bonds is 6. The molecule has 0 radical (unpaired) electrons. The van der Waals surface area contributed by atoms with Crippen LogP contribution < -0.4 is 10.6 Å². The van der Waals surface area contributed by atoms with Crippen LogP contribution in [-0.4, -0.2) is 36.1 Å². The second-order valence-corrected chi connectivity index (χ2v) is 4.60. The largest absolute Gasteiger partial charge is 0.383 e. The lowest BCUT2D eigenvalue weighted by Gasteiger charge is -2.08. The van der Waals surface area contributed by atoms with Gasteiger partial charge in [-0.2, -0.15) is 0 Å². The first kappa shape index (κ1) is 15.8. The van der Waals surface area contributed by atoms with Crippen LogP contribution in [-0.2, 0) is 4.74 Å². The Morgan fingerprint density at radius 3 is 2.86 bits per heavy atom. The molecule has 0 aliphatic rings. The summed E-state index contributed by atoms with van der Waals surface area (Å²) in [6, 6.07) is 7.51. The van der Waals surface area contributed by atoms with E-state index in [1.165, 1.54) is 12.1 Å². The smallest absolute Gasteiger partial charge is 0.270 e. The van der Waals surface area contributed by atoms with Crippen molar-refractivity contribution in [3.8, 4) is 0 Å². The maximum Gasteiger partial charge on any atom is 0.270 e. The first-order valence-corrected chi connectivity index (χ1v) is 6.74. The number of amides is 1. The molecule has 22 heavy (non-hydrogen) atoms. The molecule has 0 unspecified atom stereocenters. The minimum Gasteiger partial charge on any atom is -0.383 e. The minimum atomic E-state index is -0.366. The Bertz CT molecular complexity index is 664. The van der Waals surface area contributed by atoms with Gasteiger partial charge in [-0.05, 0) is 31.2 Å². The van der Waals surface area contributed by atoms with Crippen LogP contribution in [0.1, 0.15) is 16.2 Å². The van der Waals surface area contributed by atoms with Gasteiger partial charge in [0.15, 0.2) is 0 Å². The molecular weight excluding hydrogens is 287 g/mol. The molecule has 0 aliphatic heterocycles. The van der Waals surface area contributed by atoms with Gasteiger partial charge < -0.3 is 15.4 Å². The van der Waals surface area contributed by atoms with E-state index in [9.17, 15) is 9.18 Å². The molecule has 0 saturated heterocycles. The molecule has 116 valence electrons. The lowest BCUT2D eigenvalue weighted by molar-refractivity contribution is 0.0932. The number of ether oxygens (including phenoxy) is 1. The van der Waals surface area contributed by atoms with Gasteiger partial charge in [0.1, 0.15) is 11.5 Å². The van der Waals surface area contributed by atoms with Crippen molar-refractivity contribution in [2.24, 2.45) is 0 Å². The van der Waals surface area contributed by atoms with Gasteiger partial charge in [-0.15, -0.1) is 0 Å². The topological polar surface area (TPSA) is 76.1 Å². The highest BCUT2D eigenvalue weighted by molar-refractivity contribution is 5.92. The summed E-state index contributed by atoms with van der Waals surface area (Å²) in [6.45, 7) is 2.57. The van der Waals surface area contributed by atoms with Gasteiger partial charge in [-0.1, -0.05) is 6.07 Å². The zero-order valence-electron chi connectivity index (χ0n) is 12.4. The Balaban J connectivity index is 2.14. The van der Waals surface area contributed by atoms with Crippen molar-refractivity contribution in [3.05, 3.63) is 47.5 Å². The molecule has 1 amide bonds. The number of aromatic nitrogens is 2. The van der Waals surface area contributed by atoms with Gasteiger partial charge in [-0.3, -0.25) is 4.79 Å². The summed E-state index contributed by atoms with van der Waals surface area (Å²) in [5, 5.41) is 5.57. The number of carbonyl (C=O) groups excluding carboxylic acids is 1. The van der Waals surface area contributed by atoms with Crippen LogP contribution in [0.3, 0.4) is 0 Å². The van der Waals surface area contributed by atoms with Crippen LogP contribution in [0.4, 0.5) is 16.0 Å². The molecule has 0 aliphatic carbocycles. The monoisotopic (exact) mass is 304 g/mol. The maximum atomic E-state index is 13.2. The molecule has 0 spiro atoms. The van der Waals surface area contributed by atoms with Crippen LogP contribution >= 0.6 is 0 Å². The molecule has 0 saturated carbocycles. The van der Waals surface area contributed by atoms with E-state index in [0.717, 1.165) is 0 Å². The number of aryl methyl sites for hydroxylation is 1. The SMILES string of the molecule is COCCNC(=O)c1cc(C)nc(Nc2cccc(F)c2)n1. The fraction of sp³-hybridized carbons (Fsp3) is 0.267. The van der Waals surface area contributed by atoms with Gasteiger partial charge in [-0.25, -0.2) is 14.4 Å². The van der Waals surface area contributed by atoms with Crippen molar-refractivity contribution in [2.45, 2.75) is 6.92 Å². The number of nitrogens with zero attached hydrogens (tertiary/aromatic N) is 2. The van der Waals surface area contributed by atoms with Gasteiger partial charge >= 0.3 is 0 Å². The second-order valence-electron chi connectivity index (χ2n) is 4.60. The number of benzene rings is 1. The van der Waals surface area contributed by atoms with Gasteiger partial charge in [0.25, 0.3) is 5.91 Å². The van der Waals surface area contributed by atoms with E-state index in [1.54, 1.807) is 32.2 Å². The lowest BCUT2D eigenvalue weighted by Crippen LogP contribution is -2.28. The predicted molar refractivity (Wildman–Crippen MR) is 80.7 cm³/mol. The van der Waals surface area contributed by atoms with Gasteiger partial charge in [0.05, 0.1) is 6.61 Å². The molecule has 1 heterocycles. The molecule has 6 nitrogen and oxygen atoms in total. The number of hydrogen-bond donors (Lipinski definition) is 2. The zero-order valence-corrected chi connectivity index (χ0v) is 12.4. The summed E-state index contributed by atoms with van der Waals surface area (Å²) in [5.41, 5.74) is 1.38. The number of halogens is 1. The number of hydrogen-bond acceptors (Lipinski definition) is 5. The third-order valence-corrected chi connectivity index (χ3v) is 2.76. The molecule has 2 aromatic rings. The molecule has 1 aromatic heterocycles. The molecule has 0 fully saturated rings. The van der Waals surface area contributed by atoms with Crippen LogP contribution in [0.2, 0.25) is 0 Å². The van der Waals surface area contributed by atoms with Crippen molar-refractivity contribution < 1.29 is 13.9 Å². The maximum absolute atomic E-state index is 13.2. The lowest BCUT2D eigenvalue weighted by atomic mass is 10.3. The van der Waals surface area contributed by atoms with Crippen LogP contribution in [0, 0.1) is 12.7 Å². The van der Waals surface area contributed by atoms with Crippen molar-refractivity contribution >= 4 is 17.5 Å². The minimum absolute atomic E-state index is 0.238. The Labute approximate surface area is 127 Å². The van der Waals surface area contributed by atoms with E-state index in [0.29, 0.717) is 24.5 Å². The zero-order chi connectivity index (χ0) is 15.9. The van der Waals surface area contributed by atoms with Crippen LogP contribution in [0.25, 0.3) is 0 Å². The van der Waals surface area contributed by atoms with Gasteiger partial charge in [0.2, 0.25) is 5.95 Å². The third-order valence-electron chi connectivity index (χ3n) is 2.76. The molecule has 0 bridgehead atoms.